The van der Waals surface area contributed by atoms with Crippen LogP contribution in [0.15, 0.2) is 36.4 Å². The lowest BCUT2D eigenvalue weighted by molar-refractivity contribution is -0.0328. The number of halogens is 3. The van der Waals surface area contributed by atoms with Gasteiger partial charge < -0.3 is 18.9 Å². The van der Waals surface area contributed by atoms with Crippen molar-refractivity contribution in [2.45, 2.75) is 11.4 Å². The predicted octanol–water partition coefficient (Wildman–Crippen LogP) is 5.11. The number of alkyl halides is 3. The quantitative estimate of drug-likeness (QED) is 0.614. The molecule has 0 saturated heterocycles. The van der Waals surface area contributed by atoms with Crippen molar-refractivity contribution in [3.8, 4) is 23.0 Å². The molecule has 2 aromatic carbocycles. The number of rotatable bonds is 8. The van der Waals surface area contributed by atoms with Crippen LogP contribution in [-0.4, -0.2) is 39.7 Å². The van der Waals surface area contributed by atoms with Crippen LogP contribution in [0.2, 0.25) is 0 Å². The average Bonchev–Trinajstić information content (AvgIpc) is 2.67. The van der Waals surface area contributed by atoms with Crippen molar-refractivity contribution in [1.29, 1.82) is 0 Å². The van der Waals surface area contributed by atoms with E-state index in [-0.39, 0.29) is 17.5 Å². The summed E-state index contributed by atoms with van der Waals surface area (Å²) in [5.74, 6) is 1.07. The minimum absolute atomic E-state index is 0.0840. The molecule has 0 bridgehead atoms. The lowest BCUT2D eigenvalue weighted by Gasteiger charge is -2.24. The topological polar surface area (TPSA) is 36.9 Å². The number of benzene rings is 2. The maximum Gasteiger partial charge on any atom is 0.441 e. The summed E-state index contributed by atoms with van der Waals surface area (Å²) >= 11 is -0.0840. The minimum atomic E-state index is -4.35. The van der Waals surface area contributed by atoms with Gasteiger partial charge in [-0.25, -0.2) is 0 Å². The first-order valence-electron chi connectivity index (χ1n) is 7.97. The Morgan fingerprint density at radius 3 is 1.74 bits per heavy atom. The number of hydrogen-bond donors (Lipinski definition) is 0. The van der Waals surface area contributed by atoms with Gasteiger partial charge in [-0.1, -0.05) is 23.9 Å². The van der Waals surface area contributed by atoms with Gasteiger partial charge in [-0.2, -0.15) is 13.2 Å². The summed E-state index contributed by atoms with van der Waals surface area (Å²) in [6, 6.07) is 10.2. The Morgan fingerprint density at radius 1 is 0.815 bits per heavy atom. The monoisotopic (exact) mass is 402 g/mol. The van der Waals surface area contributed by atoms with Crippen molar-refractivity contribution in [1.82, 2.24) is 0 Å². The first-order valence-corrected chi connectivity index (χ1v) is 8.96. The number of ether oxygens (including phenoxy) is 4. The fourth-order valence-corrected chi connectivity index (χ4v) is 3.45. The van der Waals surface area contributed by atoms with E-state index in [1.54, 1.807) is 36.4 Å². The fraction of sp³-hybridized carbons (Fsp3) is 0.368. The van der Waals surface area contributed by atoms with E-state index in [0.717, 1.165) is 0 Å². The zero-order chi connectivity index (χ0) is 20.0. The van der Waals surface area contributed by atoms with Crippen LogP contribution in [0, 0.1) is 0 Å². The van der Waals surface area contributed by atoms with E-state index in [0.29, 0.717) is 34.1 Å². The highest BCUT2D eigenvalue weighted by atomic mass is 32.2. The molecule has 0 aliphatic rings. The molecule has 0 amide bonds. The lowest BCUT2D eigenvalue weighted by atomic mass is 9.91. The van der Waals surface area contributed by atoms with E-state index in [1.165, 1.54) is 28.4 Å². The third-order valence-electron chi connectivity index (χ3n) is 4.03. The number of methoxy groups -OCH3 is 4. The number of thioether (sulfide) groups is 1. The molecule has 0 aliphatic heterocycles. The van der Waals surface area contributed by atoms with E-state index in [1.807, 2.05) is 0 Å². The maximum absolute atomic E-state index is 12.9. The van der Waals surface area contributed by atoms with Crippen LogP contribution in [0.1, 0.15) is 17.0 Å². The van der Waals surface area contributed by atoms with Crippen LogP contribution in [0.4, 0.5) is 13.2 Å². The summed E-state index contributed by atoms with van der Waals surface area (Å²) in [5, 5.41) is 0. The average molecular weight is 402 g/mol. The Morgan fingerprint density at radius 2 is 1.33 bits per heavy atom. The smallest absolute Gasteiger partial charge is 0.441 e. The molecule has 2 aromatic rings. The van der Waals surface area contributed by atoms with Crippen LogP contribution in [0.3, 0.4) is 0 Å². The highest BCUT2D eigenvalue weighted by Gasteiger charge is 2.32. The summed E-state index contributed by atoms with van der Waals surface area (Å²) in [5.41, 5.74) is -3.13. The van der Waals surface area contributed by atoms with Crippen LogP contribution >= 0.6 is 11.8 Å². The SMILES string of the molecule is COc1ccc(C(CSC(F)(F)F)c2c(OC)cc(OC)cc2OC)cc1. The zero-order valence-corrected chi connectivity index (χ0v) is 16.2. The Kier molecular flexibility index (Phi) is 7.12. The van der Waals surface area contributed by atoms with Gasteiger partial charge in [0.1, 0.15) is 23.0 Å². The Labute approximate surface area is 160 Å². The van der Waals surface area contributed by atoms with Gasteiger partial charge in [0.15, 0.2) is 0 Å². The fourth-order valence-electron chi connectivity index (χ4n) is 2.74. The van der Waals surface area contributed by atoms with Crippen LogP contribution < -0.4 is 18.9 Å². The van der Waals surface area contributed by atoms with Gasteiger partial charge in [-0.05, 0) is 17.7 Å². The Bertz CT molecular complexity index is 723. The van der Waals surface area contributed by atoms with Crippen LogP contribution in [0.25, 0.3) is 0 Å². The van der Waals surface area contributed by atoms with E-state index < -0.39 is 11.4 Å². The molecule has 27 heavy (non-hydrogen) atoms. The van der Waals surface area contributed by atoms with Crippen molar-refractivity contribution in [2.75, 3.05) is 34.2 Å². The molecule has 4 nitrogen and oxygen atoms in total. The zero-order valence-electron chi connectivity index (χ0n) is 15.4. The third kappa shape index (κ3) is 5.38. The van der Waals surface area contributed by atoms with E-state index >= 15 is 0 Å². The van der Waals surface area contributed by atoms with Crippen molar-refractivity contribution in [3.63, 3.8) is 0 Å². The highest BCUT2D eigenvalue weighted by molar-refractivity contribution is 8.00. The second kappa shape index (κ2) is 9.12. The largest absolute Gasteiger partial charge is 0.497 e. The van der Waals surface area contributed by atoms with Gasteiger partial charge in [0.25, 0.3) is 0 Å². The van der Waals surface area contributed by atoms with Crippen molar-refractivity contribution < 1.29 is 32.1 Å². The van der Waals surface area contributed by atoms with E-state index in [2.05, 4.69) is 0 Å². The molecule has 0 fully saturated rings. The van der Waals surface area contributed by atoms with Gasteiger partial charge in [-0.3, -0.25) is 0 Å². The summed E-state index contributed by atoms with van der Waals surface area (Å²) in [6.45, 7) is 0. The molecular weight excluding hydrogens is 381 g/mol. The first kappa shape index (κ1) is 21.1. The Hall–Kier alpha value is -2.22. The summed E-state index contributed by atoms with van der Waals surface area (Å²) in [6.07, 6.45) is 0. The van der Waals surface area contributed by atoms with Gasteiger partial charge in [-0.15, -0.1) is 0 Å². The molecule has 2 rings (SSSR count). The second-order valence-corrected chi connectivity index (χ2v) is 6.61. The van der Waals surface area contributed by atoms with Crippen LogP contribution in [-0.2, 0) is 0 Å². The molecule has 1 atom stereocenters. The van der Waals surface area contributed by atoms with Crippen LogP contribution in [0.5, 0.6) is 23.0 Å². The van der Waals surface area contributed by atoms with Gasteiger partial charge >= 0.3 is 5.51 Å². The van der Waals surface area contributed by atoms with Gasteiger partial charge in [0.2, 0.25) is 0 Å². The molecule has 0 saturated carbocycles. The molecular formula is C19H21F3O4S. The summed E-state index contributed by atoms with van der Waals surface area (Å²) < 4.78 is 60.0. The molecule has 8 heteroatoms. The molecule has 0 heterocycles. The van der Waals surface area contributed by atoms with Crippen molar-refractivity contribution in [3.05, 3.63) is 47.5 Å². The molecule has 0 aromatic heterocycles. The second-order valence-electron chi connectivity index (χ2n) is 5.53. The molecule has 1 unspecified atom stereocenters. The molecule has 0 spiro atoms. The van der Waals surface area contributed by atoms with Crippen molar-refractivity contribution in [2.24, 2.45) is 0 Å². The van der Waals surface area contributed by atoms with Gasteiger partial charge in [0, 0.05) is 29.4 Å². The summed E-state index contributed by atoms with van der Waals surface area (Å²) in [4.78, 5) is 0. The van der Waals surface area contributed by atoms with E-state index in [9.17, 15) is 13.2 Å². The third-order valence-corrected chi connectivity index (χ3v) is 4.86. The van der Waals surface area contributed by atoms with Crippen molar-refractivity contribution >= 4 is 11.8 Å². The Balaban J connectivity index is 2.57. The summed E-state index contributed by atoms with van der Waals surface area (Å²) in [7, 11) is 5.94. The van der Waals surface area contributed by atoms with E-state index in [4.69, 9.17) is 18.9 Å². The minimum Gasteiger partial charge on any atom is -0.497 e. The number of hydrogen-bond acceptors (Lipinski definition) is 5. The normalized spacial score (nSPS) is 12.4. The molecule has 148 valence electrons. The lowest BCUT2D eigenvalue weighted by Crippen LogP contribution is -2.12. The highest BCUT2D eigenvalue weighted by Crippen LogP contribution is 2.45. The predicted molar refractivity (Wildman–Crippen MR) is 99.4 cm³/mol. The standard InChI is InChI=1S/C19H21F3O4S/c1-23-13-7-5-12(6-8-13)15(11-27-19(20,21)22)18-16(25-3)9-14(24-2)10-17(18)26-4/h5-10,15H,11H2,1-4H3. The maximum atomic E-state index is 12.9. The first-order chi connectivity index (χ1) is 12.8. The molecule has 0 aliphatic carbocycles. The molecule has 0 radical (unpaired) electrons. The molecule has 0 N–H and O–H groups in total. The van der Waals surface area contributed by atoms with Gasteiger partial charge in [0.05, 0.1) is 28.4 Å².